The van der Waals surface area contributed by atoms with Crippen LogP contribution in [0.25, 0.3) is 0 Å². The van der Waals surface area contributed by atoms with Gasteiger partial charge in [-0.2, -0.15) is 0 Å². The van der Waals surface area contributed by atoms with E-state index in [1.54, 1.807) is 121 Å². The first kappa shape index (κ1) is 56.8. The number of carbonyl (C=O) groups is 5. The second kappa shape index (κ2) is 28.3. The van der Waals surface area contributed by atoms with Crippen molar-refractivity contribution < 1.29 is 80.8 Å². The van der Waals surface area contributed by atoms with Crippen LogP contribution in [0.4, 0.5) is 4.79 Å². The number of esters is 4. The predicted octanol–water partition coefficient (Wildman–Crippen LogP) is 8.97. The maximum absolute atomic E-state index is 14.6. The van der Waals surface area contributed by atoms with Crippen molar-refractivity contribution in [3.05, 3.63) is 240 Å². The Hall–Kier alpha value is -8.91. The van der Waals surface area contributed by atoms with Crippen LogP contribution < -0.4 is 14.8 Å². The Labute approximate surface area is 467 Å². The SMILES string of the molecule is COc1ccc(OC[C@H]2O[C@H](OC)[C@H](NC(=O)OCc3ccccc3)[C@@H](OCc3ccccc3)[C@@H]2O[C@@H]2O[C@H](COC(=O)c3ccccc3)[C@@H](OC(=O)c3ccccc3)[C@H](OC(=O)c3ccccc3)[C@H]2OC(=O)c2ccccc2)cc1. The summed E-state index contributed by atoms with van der Waals surface area (Å²) in [6.45, 7) is -1.06. The summed E-state index contributed by atoms with van der Waals surface area (Å²) in [7, 11) is 2.92. The molecule has 7 aromatic carbocycles. The van der Waals surface area contributed by atoms with Crippen LogP contribution in [0.3, 0.4) is 0 Å². The maximum Gasteiger partial charge on any atom is 0.407 e. The second-order valence-corrected chi connectivity index (χ2v) is 18.6. The summed E-state index contributed by atoms with van der Waals surface area (Å²) in [5.41, 5.74) is 1.90. The fourth-order valence-electron chi connectivity index (χ4n) is 9.06. The van der Waals surface area contributed by atoms with E-state index in [1.807, 2.05) is 48.5 Å². The molecule has 18 heteroatoms. The molecule has 0 aromatic heterocycles. The van der Waals surface area contributed by atoms with Gasteiger partial charge in [0.15, 0.2) is 30.9 Å². The van der Waals surface area contributed by atoms with Gasteiger partial charge in [-0.3, -0.25) is 0 Å². The summed E-state index contributed by atoms with van der Waals surface area (Å²) in [4.78, 5) is 71.1. The Morgan fingerprint density at radius 2 is 0.852 bits per heavy atom. The monoisotopic (exact) mass is 1100 g/mol. The highest BCUT2D eigenvalue weighted by molar-refractivity contribution is 5.91. The van der Waals surface area contributed by atoms with Gasteiger partial charge in [0.1, 0.15) is 61.8 Å². The Morgan fingerprint density at radius 3 is 1.36 bits per heavy atom. The van der Waals surface area contributed by atoms with Crippen LogP contribution in [-0.2, 0) is 60.6 Å². The number of methoxy groups -OCH3 is 2. The molecule has 2 aliphatic heterocycles. The minimum absolute atomic E-state index is 0.0596. The van der Waals surface area contributed by atoms with Gasteiger partial charge < -0.3 is 62.2 Å². The number of alkyl carbamates (subject to hydrolysis) is 1. The highest BCUT2D eigenvalue weighted by atomic mass is 16.8. The number of amides is 1. The number of hydrogen-bond donors (Lipinski definition) is 1. The van der Waals surface area contributed by atoms with Crippen molar-refractivity contribution in [3.8, 4) is 11.5 Å². The third-order valence-electron chi connectivity index (χ3n) is 13.2. The molecule has 10 atom stereocenters. The zero-order valence-electron chi connectivity index (χ0n) is 44.2. The number of nitrogens with one attached hydrogen (secondary N) is 1. The largest absolute Gasteiger partial charge is 0.497 e. The average molecular weight is 1100 g/mol. The third kappa shape index (κ3) is 15.3. The van der Waals surface area contributed by atoms with Crippen LogP contribution in [0, 0.1) is 0 Å². The molecular formula is C63H59NO17. The fourth-order valence-corrected chi connectivity index (χ4v) is 9.06. The average Bonchev–Trinajstić information content (AvgIpc) is 3.69. The molecule has 0 saturated carbocycles. The first-order valence-corrected chi connectivity index (χ1v) is 26.0. The van der Waals surface area contributed by atoms with E-state index in [2.05, 4.69) is 5.32 Å². The van der Waals surface area contributed by atoms with E-state index in [4.69, 9.17) is 56.8 Å². The van der Waals surface area contributed by atoms with E-state index in [-0.39, 0.29) is 42.1 Å². The van der Waals surface area contributed by atoms with E-state index in [1.165, 1.54) is 50.6 Å². The summed E-state index contributed by atoms with van der Waals surface area (Å²) < 4.78 is 76.0. The van der Waals surface area contributed by atoms with Gasteiger partial charge in [0.25, 0.3) is 0 Å². The maximum atomic E-state index is 14.6. The lowest BCUT2D eigenvalue weighted by Gasteiger charge is -2.49. The lowest BCUT2D eigenvalue weighted by Crippen LogP contribution is -2.69. The topological polar surface area (TPSA) is 208 Å². The molecule has 18 nitrogen and oxygen atoms in total. The van der Waals surface area contributed by atoms with Crippen LogP contribution in [0.15, 0.2) is 206 Å². The number of benzene rings is 7. The van der Waals surface area contributed by atoms with Crippen LogP contribution in [-0.4, -0.2) is 119 Å². The van der Waals surface area contributed by atoms with Gasteiger partial charge in [-0.25, -0.2) is 24.0 Å². The summed E-state index contributed by atoms with van der Waals surface area (Å²) in [6.07, 6.45) is -14.7. The lowest BCUT2D eigenvalue weighted by atomic mass is 9.94. The fraction of sp³-hybridized carbons (Fsp3) is 0.254. The van der Waals surface area contributed by atoms with Crippen LogP contribution in [0.5, 0.6) is 11.5 Å². The minimum Gasteiger partial charge on any atom is -0.497 e. The van der Waals surface area contributed by atoms with E-state index in [9.17, 15) is 24.0 Å². The van der Waals surface area contributed by atoms with E-state index >= 15 is 0 Å². The zero-order valence-corrected chi connectivity index (χ0v) is 44.2. The second-order valence-electron chi connectivity index (χ2n) is 18.6. The molecule has 0 spiro atoms. The van der Waals surface area contributed by atoms with Gasteiger partial charge in [0.05, 0.1) is 36.0 Å². The summed E-state index contributed by atoms with van der Waals surface area (Å²) in [5.74, 6) is -2.52. The molecule has 2 aliphatic rings. The van der Waals surface area contributed by atoms with Gasteiger partial charge in [-0.1, -0.05) is 133 Å². The number of carbonyl (C=O) groups excluding carboxylic acids is 5. The number of hydrogen-bond acceptors (Lipinski definition) is 17. The van der Waals surface area contributed by atoms with Gasteiger partial charge in [0.2, 0.25) is 0 Å². The van der Waals surface area contributed by atoms with Gasteiger partial charge >= 0.3 is 30.0 Å². The van der Waals surface area contributed by atoms with Crippen molar-refractivity contribution >= 4 is 30.0 Å². The zero-order chi connectivity index (χ0) is 56.3. The normalized spacial score (nSPS) is 22.2. The van der Waals surface area contributed by atoms with E-state index in [0.29, 0.717) is 11.5 Å². The summed E-state index contributed by atoms with van der Waals surface area (Å²) in [5, 5.41) is 2.89. The van der Waals surface area contributed by atoms with Crippen molar-refractivity contribution in [3.63, 3.8) is 0 Å². The van der Waals surface area contributed by atoms with Crippen molar-refractivity contribution in [2.45, 2.75) is 74.6 Å². The summed E-state index contributed by atoms with van der Waals surface area (Å²) >= 11 is 0. The van der Waals surface area contributed by atoms with E-state index in [0.717, 1.165) is 11.1 Å². The molecule has 9 rings (SSSR count). The van der Waals surface area contributed by atoms with Gasteiger partial charge in [-0.15, -0.1) is 0 Å². The molecule has 0 unspecified atom stereocenters. The number of rotatable bonds is 22. The smallest absolute Gasteiger partial charge is 0.407 e. The first-order valence-electron chi connectivity index (χ1n) is 26.0. The quantitative estimate of drug-likeness (QED) is 0.0496. The standard InChI is InChI=1S/C63H59NO17/c1-70-47-33-35-48(36-34-47)72-39-49-52(54(73-37-41-21-9-3-10-22-41)51(61(71-2)76-49)64-63(69)75-38-42-23-11-4-12-24-42)81-62-56(80-60(68)46-31-19-8-20-32-46)55(79-59(67)45-29-17-7-18-30-45)53(78-58(66)44-27-15-6-16-28-44)50(77-62)40-74-57(65)43-25-13-5-14-26-43/h3-36,49-56,61-62H,37-40H2,1-2H3,(H,64,69)/t49-,50-,51-,52-,53-,54-,55+,56-,61+,62+/m1/s1. The highest BCUT2D eigenvalue weighted by Crippen LogP contribution is 2.36. The Bertz CT molecular complexity index is 3110. The molecular weight excluding hydrogens is 1040 g/mol. The molecule has 1 N–H and O–H groups in total. The van der Waals surface area contributed by atoms with Crippen molar-refractivity contribution in [1.29, 1.82) is 0 Å². The molecule has 2 heterocycles. The minimum atomic E-state index is -1.84. The molecule has 2 fully saturated rings. The lowest BCUT2D eigenvalue weighted by molar-refractivity contribution is -0.347. The molecule has 7 aromatic rings. The van der Waals surface area contributed by atoms with Crippen molar-refractivity contribution in [1.82, 2.24) is 5.32 Å². The van der Waals surface area contributed by atoms with Gasteiger partial charge in [-0.05, 0) is 83.9 Å². The Balaban J connectivity index is 1.16. The third-order valence-corrected chi connectivity index (χ3v) is 13.2. The van der Waals surface area contributed by atoms with Crippen molar-refractivity contribution in [2.24, 2.45) is 0 Å². The molecule has 418 valence electrons. The Morgan fingerprint density at radius 1 is 0.420 bits per heavy atom. The molecule has 2 saturated heterocycles. The van der Waals surface area contributed by atoms with Crippen LogP contribution in [0.2, 0.25) is 0 Å². The molecule has 1 amide bonds. The summed E-state index contributed by atoms with van der Waals surface area (Å²) in [6, 6.07) is 55.9. The number of ether oxygens (including phenoxy) is 12. The first-order chi connectivity index (χ1) is 39.6. The predicted molar refractivity (Wildman–Crippen MR) is 290 cm³/mol. The highest BCUT2D eigenvalue weighted by Gasteiger charge is 2.57. The van der Waals surface area contributed by atoms with Crippen molar-refractivity contribution in [2.75, 3.05) is 27.4 Å². The van der Waals surface area contributed by atoms with Crippen LogP contribution in [0.1, 0.15) is 52.6 Å². The van der Waals surface area contributed by atoms with Gasteiger partial charge in [0, 0.05) is 7.11 Å². The Kier molecular flexibility index (Phi) is 19.8. The van der Waals surface area contributed by atoms with E-state index < -0.39 is 97.9 Å². The molecule has 0 aliphatic carbocycles. The molecule has 0 bridgehead atoms. The molecule has 0 radical (unpaired) electrons. The molecule has 81 heavy (non-hydrogen) atoms. The van der Waals surface area contributed by atoms with Crippen LogP contribution >= 0.6 is 0 Å².